The van der Waals surface area contributed by atoms with E-state index >= 15 is 0 Å². The molecule has 0 aliphatic carbocycles. The van der Waals surface area contributed by atoms with Crippen LogP contribution in [-0.2, 0) is 20.8 Å². The van der Waals surface area contributed by atoms with Crippen molar-refractivity contribution in [3.8, 4) is 18.6 Å². The zero-order valence-corrected chi connectivity index (χ0v) is 22.1. The van der Waals surface area contributed by atoms with Crippen molar-refractivity contribution >= 4 is 17.7 Å². The van der Waals surface area contributed by atoms with Gasteiger partial charge in [-0.25, -0.2) is 0 Å². The summed E-state index contributed by atoms with van der Waals surface area (Å²) in [5.74, 6) is 0.0713. The van der Waals surface area contributed by atoms with Gasteiger partial charge in [-0.1, -0.05) is 35.9 Å². The number of hydrogen-bond acceptors (Lipinski definition) is 5. The number of nitrogens with one attached hydrogen (secondary N) is 2. The summed E-state index contributed by atoms with van der Waals surface area (Å²) in [7, 11) is 1.59. The van der Waals surface area contributed by atoms with Crippen molar-refractivity contribution in [1.82, 2.24) is 15.5 Å². The van der Waals surface area contributed by atoms with Crippen LogP contribution in [0.3, 0.4) is 0 Å². The molecular weight excluding hydrogens is 456 g/mol. The van der Waals surface area contributed by atoms with E-state index in [0.717, 1.165) is 29.7 Å². The number of nitrogens with zero attached hydrogens (tertiary/aromatic N) is 1. The number of methoxy groups -OCH3 is 1. The van der Waals surface area contributed by atoms with E-state index in [9.17, 15) is 14.4 Å². The Balaban J connectivity index is 0.00000185. The first-order valence-electron chi connectivity index (χ1n) is 12.1. The molecule has 0 spiro atoms. The number of carbonyl (C=O) groups is 3. The molecule has 4 N–H and O–H groups in total. The number of hydrogen-bond donors (Lipinski definition) is 3. The van der Waals surface area contributed by atoms with E-state index in [1.165, 1.54) is 4.90 Å². The lowest BCUT2D eigenvalue weighted by molar-refractivity contribution is -0.138. The third-order valence-electron chi connectivity index (χ3n) is 5.38. The molecule has 3 amide bonds. The molecule has 198 valence electrons. The van der Waals surface area contributed by atoms with Crippen LogP contribution in [0.15, 0.2) is 48.1 Å². The van der Waals surface area contributed by atoms with Crippen LogP contribution < -0.4 is 21.1 Å². The number of carbonyl (C=O) groups excluding carboxylic acids is 3. The van der Waals surface area contributed by atoms with Crippen LogP contribution in [0.4, 0.5) is 0 Å². The van der Waals surface area contributed by atoms with Gasteiger partial charge in [0.15, 0.2) is 0 Å². The maximum absolute atomic E-state index is 12.9. The van der Waals surface area contributed by atoms with E-state index in [1.807, 2.05) is 51.1 Å². The minimum Gasteiger partial charge on any atom is -0.497 e. The molecule has 0 bridgehead atoms. The molecule has 1 fully saturated rings. The average Bonchev–Trinajstić information content (AvgIpc) is 3.06. The Morgan fingerprint density at radius 1 is 1.14 bits per heavy atom. The zero-order chi connectivity index (χ0) is 27.3. The van der Waals surface area contributed by atoms with Crippen molar-refractivity contribution in [2.24, 2.45) is 5.73 Å². The Kier molecular flexibility index (Phi) is 17.8. The SMILES string of the molecule is C#C.C/C=C\C.COc1ccc(CC(=O)NC2CCCCN(CC(=O)NC/C=C(\C)CN)C2=O)cc1. The average molecular weight is 499 g/mol. The number of likely N-dealkylation sites (tertiary alicyclic amines) is 1. The molecular formula is C28H42N4O4. The molecule has 0 saturated carbocycles. The van der Waals surface area contributed by atoms with Gasteiger partial charge in [-0.15, -0.1) is 12.8 Å². The summed E-state index contributed by atoms with van der Waals surface area (Å²) in [6.45, 7) is 7.21. The van der Waals surface area contributed by atoms with Crippen molar-refractivity contribution in [2.45, 2.75) is 52.5 Å². The molecule has 8 nitrogen and oxygen atoms in total. The van der Waals surface area contributed by atoms with Crippen molar-refractivity contribution < 1.29 is 19.1 Å². The Hall–Kier alpha value is -3.57. The fourth-order valence-corrected chi connectivity index (χ4v) is 3.22. The van der Waals surface area contributed by atoms with Crippen molar-refractivity contribution in [2.75, 3.05) is 33.3 Å². The quantitative estimate of drug-likeness (QED) is 0.358. The Labute approximate surface area is 216 Å². The summed E-state index contributed by atoms with van der Waals surface area (Å²) in [6.07, 6.45) is 16.2. The number of terminal acetylenes is 1. The number of allylic oxidation sites excluding steroid dienone is 2. The zero-order valence-electron chi connectivity index (χ0n) is 22.1. The fourth-order valence-electron chi connectivity index (χ4n) is 3.22. The van der Waals surface area contributed by atoms with Crippen molar-refractivity contribution in [3.63, 3.8) is 0 Å². The van der Waals surface area contributed by atoms with Crippen LogP contribution in [-0.4, -0.2) is 62.0 Å². The second kappa shape index (κ2) is 19.7. The van der Waals surface area contributed by atoms with Gasteiger partial charge in [0.1, 0.15) is 11.8 Å². The largest absolute Gasteiger partial charge is 0.497 e. The smallest absolute Gasteiger partial charge is 0.245 e. The molecule has 1 unspecified atom stereocenters. The van der Waals surface area contributed by atoms with Crippen molar-refractivity contribution in [3.05, 3.63) is 53.6 Å². The third-order valence-corrected chi connectivity index (χ3v) is 5.38. The Morgan fingerprint density at radius 3 is 2.33 bits per heavy atom. The highest BCUT2D eigenvalue weighted by atomic mass is 16.5. The lowest BCUT2D eigenvalue weighted by atomic mass is 10.1. The van der Waals surface area contributed by atoms with E-state index in [2.05, 4.69) is 23.5 Å². The van der Waals surface area contributed by atoms with Crippen LogP contribution in [0, 0.1) is 12.8 Å². The summed E-state index contributed by atoms with van der Waals surface area (Å²) in [5, 5.41) is 5.61. The van der Waals surface area contributed by atoms with E-state index in [1.54, 1.807) is 19.2 Å². The Bertz CT molecular complexity index is 871. The van der Waals surface area contributed by atoms with Gasteiger partial charge in [-0.2, -0.15) is 0 Å². The van der Waals surface area contributed by atoms with Crippen LogP contribution in [0.1, 0.15) is 45.6 Å². The normalized spacial score (nSPS) is 15.5. The van der Waals surface area contributed by atoms with E-state index in [-0.39, 0.29) is 30.7 Å². The molecule has 2 rings (SSSR count). The number of ether oxygens (including phenoxy) is 1. The van der Waals surface area contributed by atoms with Crippen LogP contribution >= 0.6 is 0 Å². The lowest BCUT2D eigenvalue weighted by Gasteiger charge is -2.24. The van der Waals surface area contributed by atoms with Gasteiger partial charge in [0.05, 0.1) is 20.1 Å². The molecule has 8 heteroatoms. The molecule has 1 aliphatic heterocycles. The minimum absolute atomic E-state index is 0.0147. The first-order chi connectivity index (χ1) is 17.3. The molecule has 1 heterocycles. The van der Waals surface area contributed by atoms with Gasteiger partial charge >= 0.3 is 0 Å². The number of nitrogens with two attached hydrogens (primary N) is 1. The summed E-state index contributed by atoms with van der Waals surface area (Å²) in [4.78, 5) is 39.0. The van der Waals surface area contributed by atoms with Crippen LogP contribution in [0.5, 0.6) is 5.75 Å². The monoisotopic (exact) mass is 498 g/mol. The Morgan fingerprint density at radius 2 is 1.78 bits per heavy atom. The van der Waals surface area contributed by atoms with Gasteiger partial charge < -0.3 is 26.0 Å². The van der Waals surface area contributed by atoms with Gasteiger partial charge in [0.2, 0.25) is 17.7 Å². The third kappa shape index (κ3) is 13.4. The van der Waals surface area contributed by atoms with E-state index in [0.29, 0.717) is 26.1 Å². The number of amides is 3. The van der Waals surface area contributed by atoms with Gasteiger partial charge in [0, 0.05) is 19.6 Å². The standard InChI is InChI=1S/C22H32N4O4.C4H8.C2H2/c1-16(14-23)10-11-24-21(28)15-26-12-4-3-5-19(22(26)29)25-20(27)13-17-6-8-18(30-2)9-7-17;1-3-4-2;1-2/h6-10,19H,3-5,11-15,23H2,1-2H3,(H,24,28)(H,25,27);3-4H,1-2H3;1-2H/b16-10+;4-3-;. The van der Waals surface area contributed by atoms with E-state index in [4.69, 9.17) is 10.5 Å². The maximum atomic E-state index is 12.9. The predicted molar refractivity (Wildman–Crippen MR) is 145 cm³/mol. The number of benzene rings is 1. The van der Waals surface area contributed by atoms with Gasteiger partial charge in [0.25, 0.3) is 0 Å². The molecule has 0 aromatic heterocycles. The lowest BCUT2D eigenvalue weighted by Crippen LogP contribution is -2.50. The first-order valence-corrected chi connectivity index (χ1v) is 12.1. The van der Waals surface area contributed by atoms with Gasteiger partial charge in [-0.05, 0) is 57.7 Å². The number of rotatable bonds is 9. The molecule has 36 heavy (non-hydrogen) atoms. The molecule has 1 atom stereocenters. The highest BCUT2D eigenvalue weighted by Crippen LogP contribution is 2.14. The second-order valence-electron chi connectivity index (χ2n) is 8.13. The second-order valence-corrected chi connectivity index (χ2v) is 8.13. The first kappa shape index (κ1) is 32.4. The molecule has 1 aromatic rings. The van der Waals surface area contributed by atoms with E-state index < -0.39 is 6.04 Å². The molecule has 1 saturated heterocycles. The summed E-state index contributed by atoms with van der Waals surface area (Å²) < 4.78 is 5.12. The summed E-state index contributed by atoms with van der Waals surface area (Å²) in [5.41, 5.74) is 7.34. The van der Waals surface area contributed by atoms with Crippen molar-refractivity contribution in [1.29, 1.82) is 0 Å². The summed E-state index contributed by atoms with van der Waals surface area (Å²) >= 11 is 0. The highest BCUT2D eigenvalue weighted by Gasteiger charge is 2.29. The van der Waals surface area contributed by atoms with Crippen LogP contribution in [0.25, 0.3) is 0 Å². The molecule has 1 aromatic carbocycles. The van der Waals surface area contributed by atoms with Gasteiger partial charge in [-0.3, -0.25) is 14.4 Å². The van der Waals surface area contributed by atoms with Crippen LogP contribution in [0.2, 0.25) is 0 Å². The minimum atomic E-state index is -0.606. The maximum Gasteiger partial charge on any atom is 0.245 e. The molecule has 0 radical (unpaired) electrons. The topological polar surface area (TPSA) is 114 Å². The predicted octanol–water partition coefficient (Wildman–Crippen LogP) is 2.59. The fraction of sp³-hybridized carbons (Fsp3) is 0.464. The highest BCUT2D eigenvalue weighted by molar-refractivity contribution is 5.91. The summed E-state index contributed by atoms with van der Waals surface area (Å²) in [6, 6.07) is 6.63. The molecule has 1 aliphatic rings.